The molecule has 116 valence electrons. The largest absolute Gasteiger partial charge is 0.487 e. The third kappa shape index (κ3) is 3.75. The SMILES string of the molecule is COc1ncc(-c2ccc(OCC(F)F)c(C(C)=O)c2)cn1. The van der Waals surface area contributed by atoms with Crippen LogP contribution in [0, 0.1) is 0 Å². The molecule has 22 heavy (non-hydrogen) atoms. The summed E-state index contributed by atoms with van der Waals surface area (Å²) in [5.74, 6) is -0.147. The monoisotopic (exact) mass is 308 g/mol. The molecule has 0 aliphatic heterocycles. The van der Waals surface area contributed by atoms with Crippen LogP contribution in [0.1, 0.15) is 17.3 Å². The number of methoxy groups -OCH3 is 1. The van der Waals surface area contributed by atoms with E-state index < -0.39 is 13.0 Å². The molecule has 1 aromatic heterocycles. The number of aromatic nitrogens is 2. The van der Waals surface area contributed by atoms with E-state index in [2.05, 4.69) is 9.97 Å². The van der Waals surface area contributed by atoms with Crippen molar-refractivity contribution in [3.63, 3.8) is 0 Å². The highest BCUT2D eigenvalue weighted by atomic mass is 19.3. The van der Waals surface area contributed by atoms with Crippen LogP contribution < -0.4 is 9.47 Å². The first-order valence-electron chi connectivity index (χ1n) is 6.43. The normalized spacial score (nSPS) is 10.6. The maximum absolute atomic E-state index is 12.2. The molecule has 2 rings (SSSR count). The number of ether oxygens (including phenoxy) is 2. The third-order valence-corrected chi connectivity index (χ3v) is 2.87. The molecule has 0 atom stereocenters. The van der Waals surface area contributed by atoms with Crippen LogP contribution in [0.2, 0.25) is 0 Å². The minimum Gasteiger partial charge on any atom is -0.487 e. The van der Waals surface area contributed by atoms with Crippen LogP contribution >= 0.6 is 0 Å². The van der Waals surface area contributed by atoms with Crippen molar-refractivity contribution in [3.8, 4) is 22.9 Å². The van der Waals surface area contributed by atoms with Crippen molar-refractivity contribution in [2.75, 3.05) is 13.7 Å². The van der Waals surface area contributed by atoms with E-state index in [1.807, 2.05) is 0 Å². The van der Waals surface area contributed by atoms with E-state index in [-0.39, 0.29) is 23.1 Å². The molecule has 1 heterocycles. The molecule has 0 aliphatic carbocycles. The first-order chi connectivity index (χ1) is 10.5. The molecule has 2 aromatic rings. The molecular weight excluding hydrogens is 294 g/mol. The van der Waals surface area contributed by atoms with Gasteiger partial charge in [-0.05, 0) is 24.6 Å². The number of carbonyl (C=O) groups excluding carboxylic acids is 1. The van der Waals surface area contributed by atoms with E-state index in [0.29, 0.717) is 11.1 Å². The standard InChI is InChI=1S/C15H14F2N2O3/c1-9(20)12-5-10(3-4-13(12)22-8-14(16)17)11-6-18-15(21-2)19-7-11/h3-7,14H,8H2,1-2H3. The molecule has 1 aromatic carbocycles. The molecule has 0 unspecified atom stereocenters. The maximum Gasteiger partial charge on any atom is 0.316 e. The first kappa shape index (κ1) is 15.8. The van der Waals surface area contributed by atoms with E-state index in [0.717, 1.165) is 0 Å². The van der Waals surface area contributed by atoms with Gasteiger partial charge in [-0.1, -0.05) is 6.07 Å². The van der Waals surface area contributed by atoms with Crippen molar-refractivity contribution >= 4 is 5.78 Å². The van der Waals surface area contributed by atoms with Crippen LogP contribution in [-0.4, -0.2) is 35.9 Å². The van der Waals surface area contributed by atoms with Crippen molar-refractivity contribution in [2.45, 2.75) is 13.3 Å². The van der Waals surface area contributed by atoms with Gasteiger partial charge in [0.25, 0.3) is 6.43 Å². The van der Waals surface area contributed by atoms with Crippen molar-refractivity contribution in [1.29, 1.82) is 0 Å². The Labute approximate surface area is 125 Å². The van der Waals surface area contributed by atoms with Gasteiger partial charge in [-0.25, -0.2) is 18.7 Å². The second kappa shape index (κ2) is 6.93. The Kier molecular flexibility index (Phi) is 4.98. The summed E-state index contributed by atoms with van der Waals surface area (Å²) in [4.78, 5) is 19.6. The van der Waals surface area contributed by atoms with Crippen molar-refractivity contribution in [1.82, 2.24) is 9.97 Å². The minimum atomic E-state index is -2.60. The van der Waals surface area contributed by atoms with E-state index in [4.69, 9.17) is 9.47 Å². The average Bonchev–Trinajstić information content (AvgIpc) is 2.52. The van der Waals surface area contributed by atoms with Crippen LogP contribution in [0.3, 0.4) is 0 Å². The second-order valence-corrected chi connectivity index (χ2v) is 4.43. The zero-order valence-corrected chi connectivity index (χ0v) is 12.0. The lowest BCUT2D eigenvalue weighted by Gasteiger charge is -2.11. The van der Waals surface area contributed by atoms with Gasteiger partial charge in [0.05, 0.1) is 12.7 Å². The summed E-state index contributed by atoms with van der Waals surface area (Å²) in [7, 11) is 1.46. The van der Waals surface area contributed by atoms with Gasteiger partial charge in [0.1, 0.15) is 12.4 Å². The van der Waals surface area contributed by atoms with Gasteiger partial charge in [-0.2, -0.15) is 0 Å². The number of hydrogen-bond donors (Lipinski definition) is 0. The molecular formula is C15H14F2N2O3. The molecule has 0 radical (unpaired) electrons. The Balaban J connectivity index is 2.33. The van der Waals surface area contributed by atoms with Crippen molar-refractivity contribution < 1.29 is 23.0 Å². The quantitative estimate of drug-likeness (QED) is 0.768. The molecule has 0 fully saturated rings. The van der Waals surface area contributed by atoms with Crippen LogP contribution in [0.25, 0.3) is 11.1 Å². The number of ketones is 1. The minimum absolute atomic E-state index is 0.131. The summed E-state index contributed by atoms with van der Waals surface area (Å²) < 4.78 is 34.3. The lowest BCUT2D eigenvalue weighted by molar-refractivity contribution is 0.0802. The Bertz CT molecular complexity index is 660. The summed E-state index contributed by atoms with van der Waals surface area (Å²) in [5, 5.41) is 0. The summed E-state index contributed by atoms with van der Waals surface area (Å²) >= 11 is 0. The zero-order valence-electron chi connectivity index (χ0n) is 12.0. The smallest absolute Gasteiger partial charge is 0.316 e. The van der Waals surface area contributed by atoms with E-state index >= 15 is 0 Å². The highest BCUT2D eigenvalue weighted by Gasteiger charge is 2.13. The molecule has 0 N–H and O–H groups in total. The average molecular weight is 308 g/mol. The lowest BCUT2D eigenvalue weighted by atomic mass is 10.0. The number of rotatable bonds is 6. The molecule has 5 nitrogen and oxygen atoms in total. The fourth-order valence-corrected chi connectivity index (χ4v) is 1.83. The van der Waals surface area contributed by atoms with Gasteiger partial charge in [-0.3, -0.25) is 4.79 Å². The molecule has 0 saturated heterocycles. The Hall–Kier alpha value is -2.57. The Morgan fingerprint density at radius 2 is 1.91 bits per heavy atom. The summed E-state index contributed by atoms with van der Waals surface area (Å²) in [6, 6.07) is 4.93. The number of halogens is 2. The molecule has 0 aliphatic rings. The zero-order chi connectivity index (χ0) is 16.1. The summed E-state index contributed by atoms with van der Waals surface area (Å²) in [6.45, 7) is 0.587. The van der Waals surface area contributed by atoms with Crippen molar-refractivity contribution in [3.05, 3.63) is 36.2 Å². The summed E-state index contributed by atoms with van der Waals surface area (Å²) in [6.07, 6.45) is 0.490. The first-order valence-corrected chi connectivity index (χ1v) is 6.43. The van der Waals surface area contributed by atoms with E-state index in [9.17, 15) is 13.6 Å². The van der Waals surface area contributed by atoms with Gasteiger partial charge < -0.3 is 9.47 Å². The van der Waals surface area contributed by atoms with Crippen LogP contribution in [0.4, 0.5) is 8.78 Å². The van der Waals surface area contributed by atoms with Crippen molar-refractivity contribution in [2.24, 2.45) is 0 Å². The number of benzene rings is 1. The number of nitrogens with zero attached hydrogens (tertiary/aromatic N) is 2. The van der Waals surface area contributed by atoms with Crippen LogP contribution in [-0.2, 0) is 0 Å². The molecule has 0 spiro atoms. The van der Waals surface area contributed by atoms with E-state index in [1.54, 1.807) is 24.5 Å². The summed E-state index contributed by atoms with van der Waals surface area (Å²) in [5.41, 5.74) is 1.58. The number of hydrogen-bond acceptors (Lipinski definition) is 5. The predicted octanol–water partition coefficient (Wildman–Crippen LogP) is 3.00. The fourth-order valence-electron chi connectivity index (χ4n) is 1.83. The Morgan fingerprint density at radius 1 is 1.23 bits per heavy atom. The highest BCUT2D eigenvalue weighted by Crippen LogP contribution is 2.27. The van der Waals surface area contributed by atoms with Gasteiger partial charge in [-0.15, -0.1) is 0 Å². The van der Waals surface area contributed by atoms with E-state index in [1.165, 1.54) is 20.1 Å². The highest BCUT2D eigenvalue weighted by molar-refractivity contribution is 5.98. The van der Waals surface area contributed by atoms with Crippen LogP contribution in [0.15, 0.2) is 30.6 Å². The molecule has 7 heteroatoms. The predicted molar refractivity (Wildman–Crippen MR) is 75.5 cm³/mol. The number of alkyl halides is 2. The van der Waals surface area contributed by atoms with Gasteiger partial charge in [0.15, 0.2) is 5.78 Å². The molecule has 0 bridgehead atoms. The van der Waals surface area contributed by atoms with Crippen LogP contribution in [0.5, 0.6) is 11.8 Å². The van der Waals surface area contributed by atoms with Gasteiger partial charge >= 0.3 is 6.01 Å². The van der Waals surface area contributed by atoms with Gasteiger partial charge in [0, 0.05) is 18.0 Å². The number of carbonyl (C=O) groups is 1. The maximum atomic E-state index is 12.2. The third-order valence-electron chi connectivity index (χ3n) is 2.87. The van der Waals surface area contributed by atoms with Gasteiger partial charge in [0.2, 0.25) is 0 Å². The second-order valence-electron chi connectivity index (χ2n) is 4.43. The molecule has 0 amide bonds. The number of Topliss-reactive ketones (excluding diaryl/α,β-unsaturated/α-hetero) is 1. The topological polar surface area (TPSA) is 61.3 Å². The Morgan fingerprint density at radius 3 is 2.45 bits per heavy atom. The molecule has 0 saturated carbocycles. The fraction of sp³-hybridized carbons (Fsp3) is 0.267. The lowest BCUT2D eigenvalue weighted by Crippen LogP contribution is -2.09.